The largest absolute Gasteiger partial charge is 0.355 e. The SMILES string of the molecule is CCNC1CCC(N(C)c2cnccn2)CC1. The number of aromatic nitrogens is 2. The fourth-order valence-electron chi connectivity index (χ4n) is 2.62. The van der Waals surface area contributed by atoms with Crippen LogP contribution < -0.4 is 10.2 Å². The molecule has 1 saturated carbocycles. The van der Waals surface area contributed by atoms with Gasteiger partial charge in [0.2, 0.25) is 0 Å². The maximum absolute atomic E-state index is 4.36. The smallest absolute Gasteiger partial charge is 0.147 e. The molecule has 0 aliphatic heterocycles. The van der Waals surface area contributed by atoms with Gasteiger partial charge in [0.1, 0.15) is 5.82 Å². The lowest BCUT2D eigenvalue weighted by molar-refractivity contribution is 0.340. The van der Waals surface area contributed by atoms with E-state index in [1.807, 2.05) is 6.20 Å². The average Bonchev–Trinajstić information content (AvgIpc) is 2.40. The maximum atomic E-state index is 4.36. The van der Waals surface area contributed by atoms with Gasteiger partial charge in [-0.2, -0.15) is 0 Å². The number of nitrogens with one attached hydrogen (secondary N) is 1. The summed E-state index contributed by atoms with van der Waals surface area (Å²) in [7, 11) is 2.13. The molecule has 4 nitrogen and oxygen atoms in total. The van der Waals surface area contributed by atoms with E-state index in [0.717, 1.165) is 12.4 Å². The Labute approximate surface area is 103 Å². The van der Waals surface area contributed by atoms with E-state index < -0.39 is 0 Å². The van der Waals surface area contributed by atoms with Crippen molar-refractivity contribution in [2.75, 3.05) is 18.5 Å². The van der Waals surface area contributed by atoms with E-state index in [2.05, 4.69) is 34.2 Å². The summed E-state index contributed by atoms with van der Waals surface area (Å²) in [6.07, 6.45) is 10.3. The molecule has 1 fully saturated rings. The molecule has 4 heteroatoms. The molecule has 0 spiro atoms. The highest BCUT2D eigenvalue weighted by Gasteiger charge is 2.24. The average molecular weight is 234 g/mol. The molecule has 94 valence electrons. The number of nitrogens with zero attached hydrogens (tertiary/aromatic N) is 3. The van der Waals surface area contributed by atoms with Crippen molar-refractivity contribution < 1.29 is 0 Å². The molecule has 1 aliphatic carbocycles. The Morgan fingerprint density at radius 1 is 1.29 bits per heavy atom. The summed E-state index contributed by atoms with van der Waals surface area (Å²) < 4.78 is 0. The lowest BCUT2D eigenvalue weighted by Gasteiger charge is -2.35. The van der Waals surface area contributed by atoms with Gasteiger partial charge in [0.05, 0.1) is 6.20 Å². The van der Waals surface area contributed by atoms with Gasteiger partial charge in [0, 0.05) is 31.5 Å². The first kappa shape index (κ1) is 12.3. The number of hydrogen-bond acceptors (Lipinski definition) is 4. The predicted molar refractivity (Wildman–Crippen MR) is 70.2 cm³/mol. The van der Waals surface area contributed by atoms with Crippen molar-refractivity contribution in [1.29, 1.82) is 0 Å². The molecule has 2 rings (SSSR count). The van der Waals surface area contributed by atoms with Crippen LogP contribution in [-0.2, 0) is 0 Å². The highest BCUT2D eigenvalue weighted by atomic mass is 15.2. The lowest BCUT2D eigenvalue weighted by Crippen LogP contribution is -2.41. The molecule has 0 radical (unpaired) electrons. The van der Waals surface area contributed by atoms with Gasteiger partial charge in [0.25, 0.3) is 0 Å². The van der Waals surface area contributed by atoms with Crippen LogP contribution in [0.15, 0.2) is 18.6 Å². The first-order chi connectivity index (χ1) is 8.31. The second kappa shape index (κ2) is 5.96. The third kappa shape index (κ3) is 3.16. The molecule has 0 bridgehead atoms. The molecule has 1 heterocycles. The first-order valence-electron chi connectivity index (χ1n) is 6.53. The van der Waals surface area contributed by atoms with Crippen LogP contribution in [0.2, 0.25) is 0 Å². The van der Waals surface area contributed by atoms with Crippen LogP contribution in [0.25, 0.3) is 0 Å². The minimum absolute atomic E-state index is 0.613. The summed E-state index contributed by atoms with van der Waals surface area (Å²) in [5.41, 5.74) is 0. The minimum Gasteiger partial charge on any atom is -0.355 e. The molecule has 1 aromatic heterocycles. The molecule has 0 unspecified atom stereocenters. The molecular formula is C13H22N4. The summed E-state index contributed by atoms with van der Waals surface area (Å²) in [6, 6.07) is 1.33. The van der Waals surface area contributed by atoms with Crippen LogP contribution >= 0.6 is 0 Å². The van der Waals surface area contributed by atoms with Gasteiger partial charge >= 0.3 is 0 Å². The van der Waals surface area contributed by atoms with Crippen LogP contribution in [-0.4, -0.2) is 35.6 Å². The Hall–Kier alpha value is -1.16. The highest BCUT2D eigenvalue weighted by molar-refractivity contribution is 5.35. The van der Waals surface area contributed by atoms with Crippen LogP contribution in [0.1, 0.15) is 32.6 Å². The fraction of sp³-hybridized carbons (Fsp3) is 0.692. The Bertz CT molecular complexity index is 319. The Morgan fingerprint density at radius 3 is 2.65 bits per heavy atom. The van der Waals surface area contributed by atoms with Crippen molar-refractivity contribution in [3.05, 3.63) is 18.6 Å². The third-order valence-electron chi connectivity index (χ3n) is 3.65. The number of anilines is 1. The minimum atomic E-state index is 0.613. The van der Waals surface area contributed by atoms with Gasteiger partial charge < -0.3 is 10.2 Å². The molecule has 1 aromatic rings. The van der Waals surface area contributed by atoms with E-state index in [1.165, 1.54) is 25.7 Å². The Morgan fingerprint density at radius 2 is 2.06 bits per heavy atom. The van der Waals surface area contributed by atoms with Crippen LogP contribution in [0, 0.1) is 0 Å². The molecule has 0 atom stereocenters. The quantitative estimate of drug-likeness (QED) is 0.863. The number of hydrogen-bond donors (Lipinski definition) is 1. The standard InChI is InChI=1S/C13H22N4/c1-3-15-11-4-6-12(7-5-11)17(2)13-10-14-8-9-16-13/h8-12,15H,3-7H2,1-2H3. The zero-order chi connectivity index (χ0) is 12.1. The second-order valence-corrected chi connectivity index (χ2v) is 4.74. The number of rotatable bonds is 4. The van der Waals surface area contributed by atoms with Crippen molar-refractivity contribution in [3.63, 3.8) is 0 Å². The zero-order valence-electron chi connectivity index (χ0n) is 10.8. The summed E-state index contributed by atoms with van der Waals surface area (Å²) in [4.78, 5) is 10.8. The van der Waals surface area contributed by atoms with Gasteiger partial charge in [-0.05, 0) is 32.2 Å². The maximum Gasteiger partial charge on any atom is 0.147 e. The molecular weight excluding hydrogens is 212 g/mol. The second-order valence-electron chi connectivity index (χ2n) is 4.74. The van der Waals surface area contributed by atoms with Gasteiger partial charge in [-0.3, -0.25) is 4.98 Å². The summed E-state index contributed by atoms with van der Waals surface area (Å²) >= 11 is 0. The first-order valence-corrected chi connectivity index (χ1v) is 6.53. The zero-order valence-corrected chi connectivity index (χ0v) is 10.8. The molecule has 0 saturated heterocycles. The van der Waals surface area contributed by atoms with Gasteiger partial charge in [-0.15, -0.1) is 0 Å². The summed E-state index contributed by atoms with van der Waals surface area (Å²) in [6.45, 7) is 3.26. The van der Waals surface area contributed by atoms with Gasteiger partial charge in [-0.1, -0.05) is 6.92 Å². The van der Waals surface area contributed by atoms with E-state index in [9.17, 15) is 0 Å². The molecule has 1 aliphatic rings. The van der Waals surface area contributed by atoms with E-state index in [0.29, 0.717) is 12.1 Å². The van der Waals surface area contributed by atoms with Crippen molar-refractivity contribution in [2.45, 2.75) is 44.7 Å². The van der Waals surface area contributed by atoms with Crippen LogP contribution in [0.5, 0.6) is 0 Å². The van der Waals surface area contributed by atoms with Crippen molar-refractivity contribution in [1.82, 2.24) is 15.3 Å². The Balaban J connectivity index is 1.88. The van der Waals surface area contributed by atoms with E-state index in [4.69, 9.17) is 0 Å². The topological polar surface area (TPSA) is 41.0 Å². The van der Waals surface area contributed by atoms with Crippen molar-refractivity contribution in [3.8, 4) is 0 Å². The van der Waals surface area contributed by atoms with E-state index >= 15 is 0 Å². The molecule has 1 N–H and O–H groups in total. The fourth-order valence-corrected chi connectivity index (χ4v) is 2.62. The normalized spacial score (nSPS) is 24.6. The summed E-state index contributed by atoms with van der Waals surface area (Å²) in [5.74, 6) is 0.986. The Kier molecular flexibility index (Phi) is 4.31. The summed E-state index contributed by atoms with van der Waals surface area (Å²) in [5, 5.41) is 3.54. The van der Waals surface area contributed by atoms with E-state index in [1.54, 1.807) is 12.4 Å². The molecule has 0 aromatic carbocycles. The van der Waals surface area contributed by atoms with Crippen molar-refractivity contribution >= 4 is 5.82 Å². The highest BCUT2D eigenvalue weighted by Crippen LogP contribution is 2.24. The van der Waals surface area contributed by atoms with E-state index in [-0.39, 0.29) is 0 Å². The van der Waals surface area contributed by atoms with Gasteiger partial charge in [0.15, 0.2) is 0 Å². The molecule has 0 amide bonds. The predicted octanol–water partition coefficient (Wildman–Crippen LogP) is 1.83. The monoisotopic (exact) mass is 234 g/mol. The molecule has 17 heavy (non-hydrogen) atoms. The lowest BCUT2D eigenvalue weighted by atomic mass is 9.90. The van der Waals surface area contributed by atoms with Crippen molar-refractivity contribution in [2.24, 2.45) is 0 Å². The van der Waals surface area contributed by atoms with Gasteiger partial charge in [-0.25, -0.2) is 4.98 Å². The van der Waals surface area contributed by atoms with Crippen LogP contribution in [0.4, 0.5) is 5.82 Å². The van der Waals surface area contributed by atoms with Crippen LogP contribution in [0.3, 0.4) is 0 Å². The third-order valence-corrected chi connectivity index (χ3v) is 3.65.